The minimum Gasteiger partial charge on any atom is -0.504 e. The first kappa shape index (κ1) is 13.1. The summed E-state index contributed by atoms with van der Waals surface area (Å²) in [6.07, 6.45) is 5.11. The van der Waals surface area contributed by atoms with E-state index in [0.29, 0.717) is 12.1 Å². The quantitative estimate of drug-likeness (QED) is 0.870. The molecular formula is C14H20FNO2. The Labute approximate surface area is 107 Å². The highest BCUT2D eigenvalue weighted by Gasteiger charge is 2.36. The second-order valence-corrected chi connectivity index (χ2v) is 5.02. The molecule has 1 aromatic rings. The van der Waals surface area contributed by atoms with Crippen molar-refractivity contribution in [1.29, 1.82) is 0 Å². The number of benzene rings is 1. The standard InChI is InChI=1S/C14H20FNO2/c1-18-13-11(17)6-5-10(12(13)15)14(9-16)7-3-2-4-8-14/h5-6,17H,2-4,7-9,16H2,1H3. The van der Waals surface area contributed by atoms with Gasteiger partial charge in [-0.25, -0.2) is 4.39 Å². The van der Waals surface area contributed by atoms with Crippen molar-refractivity contribution in [1.82, 2.24) is 0 Å². The Morgan fingerprint density at radius 2 is 2.00 bits per heavy atom. The lowest BCUT2D eigenvalue weighted by molar-refractivity contribution is 0.283. The van der Waals surface area contributed by atoms with Crippen LogP contribution in [0.2, 0.25) is 0 Å². The molecule has 3 nitrogen and oxygen atoms in total. The zero-order valence-electron chi connectivity index (χ0n) is 10.7. The van der Waals surface area contributed by atoms with Gasteiger partial charge in [-0.15, -0.1) is 0 Å². The molecule has 0 atom stereocenters. The third-order valence-corrected chi connectivity index (χ3v) is 4.05. The number of phenolic OH excluding ortho intramolecular Hbond substituents is 1. The van der Waals surface area contributed by atoms with Crippen molar-refractivity contribution >= 4 is 0 Å². The van der Waals surface area contributed by atoms with Gasteiger partial charge in [0.1, 0.15) is 0 Å². The highest BCUT2D eigenvalue weighted by molar-refractivity contribution is 5.46. The number of ether oxygens (including phenoxy) is 1. The highest BCUT2D eigenvalue weighted by atomic mass is 19.1. The van der Waals surface area contributed by atoms with Crippen LogP contribution in [0.4, 0.5) is 4.39 Å². The van der Waals surface area contributed by atoms with E-state index < -0.39 is 5.82 Å². The van der Waals surface area contributed by atoms with Crippen LogP contribution in [0.3, 0.4) is 0 Å². The molecule has 18 heavy (non-hydrogen) atoms. The summed E-state index contributed by atoms with van der Waals surface area (Å²) in [5, 5.41) is 9.57. The Morgan fingerprint density at radius 1 is 1.33 bits per heavy atom. The number of methoxy groups -OCH3 is 1. The summed E-state index contributed by atoms with van der Waals surface area (Å²) in [5.74, 6) is -0.711. The zero-order valence-corrected chi connectivity index (χ0v) is 10.7. The average Bonchev–Trinajstić information content (AvgIpc) is 2.40. The Bertz CT molecular complexity index is 428. The molecule has 4 heteroatoms. The van der Waals surface area contributed by atoms with Crippen LogP contribution in [0.1, 0.15) is 37.7 Å². The minimum absolute atomic E-state index is 0.0779. The van der Waals surface area contributed by atoms with Crippen molar-refractivity contribution in [3.05, 3.63) is 23.5 Å². The molecule has 1 saturated carbocycles. The topological polar surface area (TPSA) is 55.5 Å². The van der Waals surface area contributed by atoms with Crippen molar-refractivity contribution < 1.29 is 14.2 Å². The number of aromatic hydroxyl groups is 1. The van der Waals surface area contributed by atoms with E-state index in [-0.39, 0.29) is 16.9 Å². The van der Waals surface area contributed by atoms with Crippen molar-refractivity contribution in [3.63, 3.8) is 0 Å². The molecule has 0 radical (unpaired) electrons. The van der Waals surface area contributed by atoms with E-state index in [2.05, 4.69) is 0 Å². The lowest BCUT2D eigenvalue weighted by Gasteiger charge is -2.37. The van der Waals surface area contributed by atoms with Crippen LogP contribution >= 0.6 is 0 Å². The molecule has 2 rings (SSSR count). The SMILES string of the molecule is COc1c(O)ccc(C2(CN)CCCCC2)c1F. The van der Waals surface area contributed by atoms with Gasteiger partial charge in [-0.05, 0) is 24.5 Å². The fraction of sp³-hybridized carbons (Fsp3) is 0.571. The van der Waals surface area contributed by atoms with Crippen molar-refractivity contribution in [2.45, 2.75) is 37.5 Å². The van der Waals surface area contributed by atoms with Gasteiger partial charge in [0.2, 0.25) is 0 Å². The fourth-order valence-corrected chi connectivity index (χ4v) is 2.96. The summed E-state index contributed by atoms with van der Waals surface area (Å²) >= 11 is 0. The van der Waals surface area contributed by atoms with E-state index >= 15 is 0 Å². The van der Waals surface area contributed by atoms with Gasteiger partial charge in [-0.1, -0.05) is 25.3 Å². The third kappa shape index (κ3) is 2.05. The van der Waals surface area contributed by atoms with Crippen LogP contribution in [0.15, 0.2) is 12.1 Å². The maximum Gasteiger partial charge on any atom is 0.196 e. The first-order chi connectivity index (χ1) is 8.64. The first-order valence-electron chi connectivity index (χ1n) is 6.40. The average molecular weight is 253 g/mol. The van der Waals surface area contributed by atoms with Gasteiger partial charge in [0.15, 0.2) is 17.3 Å². The van der Waals surface area contributed by atoms with Gasteiger partial charge in [0, 0.05) is 12.0 Å². The predicted molar refractivity (Wildman–Crippen MR) is 68.4 cm³/mol. The largest absolute Gasteiger partial charge is 0.504 e. The molecule has 0 spiro atoms. The molecule has 1 aliphatic rings. The van der Waals surface area contributed by atoms with Gasteiger partial charge < -0.3 is 15.6 Å². The first-order valence-corrected chi connectivity index (χ1v) is 6.40. The van der Waals surface area contributed by atoms with Crippen molar-refractivity contribution in [3.8, 4) is 11.5 Å². The maximum absolute atomic E-state index is 14.4. The number of rotatable bonds is 3. The lowest BCUT2D eigenvalue weighted by atomic mass is 9.69. The van der Waals surface area contributed by atoms with Crippen LogP contribution in [0, 0.1) is 5.82 Å². The molecule has 0 saturated heterocycles. The van der Waals surface area contributed by atoms with E-state index in [1.165, 1.54) is 19.6 Å². The van der Waals surface area contributed by atoms with Crippen molar-refractivity contribution in [2.24, 2.45) is 5.73 Å². The number of hydrogen-bond acceptors (Lipinski definition) is 3. The van der Waals surface area contributed by atoms with E-state index in [0.717, 1.165) is 25.7 Å². The second kappa shape index (κ2) is 5.14. The molecule has 1 fully saturated rings. The Hall–Kier alpha value is -1.29. The molecule has 0 amide bonds. The summed E-state index contributed by atoms with van der Waals surface area (Å²) in [4.78, 5) is 0. The molecule has 100 valence electrons. The van der Waals surface area contributed by atoms with Gasteiger partial charge in [-0.3, -0.25) is 0 Å². The van der Waals surface area contributed by atoms with Crippen LogP contribution in [0.25, 0.3) is 0 Å². The summed E-state index contributed by atoms with van der Waals surface area (Å²) in [6.45, 7) is 0.428. The van der Waals surface area contributed by atoms with Crippen LogP contribution in [-0.4, -0.2) is 18.8 Å². The zero-order chi connectivity index (χ0) is 13.2. The van der Waals surface area contributed by atoms with E-state index in [1.54, 1.807) is 6.07 Å². The third-order valence-electron chi connectivity index (χ3n) is 4.05. The molecule has 1 aromatic carbocycles. The minimum atomic E-state index is -0.468. The Kier molecular flexibility index (Phi) is 3.76. The molecule has 0 unspecified atom stereocenters. The lowest BCUT2D eigenvalue weighted by Crippen LogP contribution is -2.38. The molecule has 0 heterocycles. The normalized spacial score (nSPS) is 18.6. The van der Waals surface area contributed by atoms with Gasteiger partial charge in [0.25, 0.3) is 0 Å². The van der Waals surface area contributed by atoms with E-state index in [4.69, 9.17) is 10.5 Å². The molecule has 0 aromatic heterocycles. The van der Waals surface area contributed by atoms with Gasteiger partial charge in [0.05, 0.1) is 7.11 Å². The molecule has 0 bridgehead atoms. The molecule has 1 aliphatic carbocycles. The second-order valence-electron chi connectivity index (χ2n) is 5.02. The van der Waals surface area contributed by atoms with Crippen LogP contribution in [0.5, 0.6) is 11.5 Å². The van der Waals surface area contributed by atoms with E-state index in [9.17, 15) is 9.50 Å². The summed E-state index contributed by atoms with van der Waals surface area (Å²) < 4.78 is 19.3. The number of hydrogen-bond donors (Lipinski definition) is 2. The summed E-state index contributed by atoms with van der Waals surface area (Å²) in [7, 11) is 1.36. The van der Waals surface area contributed by atoms with Gasteiger partial charge >= 0.3 is 0 Å². The predicted octanol–water partition coefficient (Wildman–Crippen LogP) is 2.70. The highest BCUT2D eigenvalue weighted by Crippen LogP contribution is 2.43. The molecule has 3 N–H and O–H groups in total. The van der Waals surface area contributed by atoms with Gasteiger partial charge in [-0.2, -0.15) is 0 Å². The Balaban J connectivity index is 2.48. The summed E-state index contributed by atoms with van der Waals surface area (Å²) in [5.41, 5.74) is 6.18. The summed E-state index contributed by atoms with van der Waals surface area (Å²) in [6, 6.07) is 3.13. The number of nitrogens with two attached hydrogens (primary N) is 1. The van der Waals surface area contributed by atoms with Crippen LogP contribution < -0.4 is 10.5 Å². The smallest absolute Gasteiger partial charge is 0.196 e. The Morgan fingerprint density at radius 3 is 2.56 bits per heavy atom. The van der Waals surface area contributed by atoms with E-state index in [1.807, 2.05) is 0 Å². The monoisotopic (exact) mass is 253 g/mol. The van der Waals surface area contributed by atoms with Crippen molar-refractivity contribution in [2.75, 3.05) is 13.7 Å². The molecule has 0 aliphatic heterocycles. The maximum atomic E-state index is 14.4. The molecular weight excluding hydrogens is 233 g/mol. The number of phenols is 1. The number of halogens is 1. The van der Waals surface area contributed by atoms with Crippen LogP contribution in [-0.2, 0) is 5.41 Å². The fourth-order valence-electron chi connectivity index (χ4n) is 2.96.